The SMILES string of the molecule is [2H]C([2H])([2H])C([2H])(c1ccnc(-c2cccc3c2oc2nc(C)ccc23)c1)C([2H])([2H])[2H]. The van der Waals surface area contributed by atoms with Crippen LogP contribution in [0.1, 0.15) is 40.5 Å². The van der Waals surface area contributed by atoms with Gasteiger partial charge in [-0.2, -0.15) is 0 Å². The minimum Gasteiger partial charge on any atom is -0.437 e. The molecule has 0 saturated carbocycles. The maximum atomic E-state index is 8.41. The lowest BCUT2D eigenvalue weighted by Crippen LogP contribution is -1.90. The smallest absolute Gasteiger partial charge is 0.227 e. The highest BCUT2D eigenvalue weighted by atomic mass is 16.3. The molecular formula is C20H18N2O. The molecule has 0 unspecified atom stereocenters. The third-order valence-corrected chi connectivity index (χ3v) is 3.83. The highest BCUT2D eigenvalue weighted by Gasteiger charge is 2.14. The Kier molecular flexibility index (Phi) is 1.86. The lowest BCUT2D eigenvalue weighted by molar-refractivity contribution is 0.653. The summed E-state index contributed by atoms with van der Waals surface area (Å²) in [4.78, 5) is 8.70. The van der Waals surface area contributed by atoms with Crippen molar-refractivity contribution in [1.29, 1.82) is 0 Å². The summed E-state index contributed by atoms with van der Waals surface area (Å²) in [6, 6.07) is 11.8. The third-order valence-electron chi connectivity index (χ3n) is 3.83. The van der Waals surface area contributed by atoms with Gasteiger partial charge in [0.25, 0.3) is 0 Å². The van der Waals surface area contributed by atoms with Gasteiger partial charge < -0.3 is 4.42 Å². The fourth-order valence-electron chi connectivity index (χ4n) is 2.71. The first-order valence-electron chi connectivity index (χ1n) is 10.7. The number of aromatic nitrogens is 2. The van der Waals surface area contributed by atoms with Crippen molar-refractivity contribution >= 4 is 22.1 Å². The first-order chi connectivity index (χ1) is 13.9. The van der Waals surface area contributed by atoms with Gasteiger partial charge >= 0.3 is 0 Å². The molecular weight excluding hydrogens is 284 g/mol. The zero-order valence-corrected chi connectivity index (χ0v) is 12.4. The van der Waals surface area contributed by atoms with E-state index in [0.717, 1.165) is 16.5 Å². The summed E-state index contributed by atoms with van der Waals surface area (Å²) in [5.41, 5.74) is 2.50. The molecule has 3 aromatic heterocycles. The van der Waals surface area contributed by atoms with E-state index in [9.17, 15) is 0 Å². The zero-order valence-electron chi connectivity index (χ0n) is 19.4. The van der Waals surface area contributed by atoms with Gasteiger partial charge in [0.05, 0.1) is 5.69 Å². The monoisotopic (exact) mass is 309 g/mol. The lowest BCUT2D eigenvalue weighted by atomic mass is 10.0. The summed E-state index contributed by atoms with van der Waals surface area (Å²) in [6.07, 6.45) is 1.31. The van der Waals surface area contributed by atoms with Gasteiger partial charge in [0.2, 0.25) is 5.71 Å². The first-order valence-corrected chi connectivity index (χ1v) is 7.19. The number of pyridine rings is 2. The van der Waals surface area contributed by atoms with Crippen LogP contribution in [0.2, 0.25) is 0 Å². The Morgan fingerprint density at radius 2 is 2.04 bits per heavy atom. The van der Waals surface area contributed by atoms with Crippen LogP contribution >= 0.6 is 0 Å². The predicted molar refractivity (Wildman–Crippen MR) is 93.6 cm³/mol. The molecule has 1 aromatic carbocycles. The van der Waals surface area contributed by atoms with E-state index in [1.165, 1.54) is 18.3 Å². The quantitative estimate of drug-likeness (QED) is 0.492. The number of benzene rings is 1. The first kappa shape index (κ1) is 8.25. The second-order valence-corrected chi connectivity index (χ2v) is 5.39. The number of fused-ring (bicyclic) bond motifs is 3. The van der Waals surface area contributed by atoms with E-state index >= 15 is 0 Å². The van der Waals surface area contributed by atoms with Crippen molar-refractivity contribution < 1.29 is 14.0 Å². The molecule has 0 aliphatic heterocycles. The van der Waals surface area contributed by atoms with Crippen molar-refractivity contribution in [3.8, 4) is 11.3 Å². The maximum Gasteiger partial charge on any atom is 0.227 e. The molecule has 4 rings (SSSR count). The fraction of sp³-hybridized carbons (Fsp3) is 0.200. The minimum absolute atomic E-state index is 0.158. The largest absolute Gasteiger partial charge is 0.437 e. The van der Waals surface area contributed by atoms with Crippen LogP contribution in [0.15, 0.2) is 53.1 Å². The van der Waals surface area contributed by atoms with E-state index in [1.54, 1.807) is 6.07 Å². The van der Waals surface area contributed by atoms with Gasteiger partial charge in [0.1, 0.15) is 5.58 Å². The number of aryl methyl sites for hydroxylation is 1. The van der Waals surface area contributed by atoms with Crippen LogP contribution < -0.4 is 0 Å². The van der Waals surface area contributed by atoms with Crippen LogP contribution in [0, 0.1) is 6.92 Å². The molecule has 0 N–H and O–H groups in total. The molecule has 0 spiro atoms. The van der Waals surface area contributed by atoms with E-state index < -0.39 is 19.6 Å². The molecule has 0 radical (unpaired) electrons. The number of para-hydroxylation sites is 1. The normalized spacial score (nSPS) is 17.7. The summed E-state index contributed by atoms with van der Waals surface area (Å²) in [5, 5.41) is 1.64. The minimum atomic E-state index is -3.07. The average Bonchev–Trinajstić information content (AvgIpc) is 3.03. The number of furan rings is 1. The molecule has 23 heavy (non-hydrogen) atoms. The van der Waals surface area contributed by atoms with E-state index in [4.69, 9.17) is 14.0 Å². The number of nitrogens with zero attached hydrogens (tertiary/aromatic N) is 2. The van der Waals surface area contributed by atoms with Crippen molar-refractivity contribution in [1.82, 2.24) is 9.97 Å². The number of hydrogen-bond acceptors (Lipinski definition) is 3. The Morgan fingerprint density at radius 3 is 2.91 bits per heavy atom. The molecule has 0 saturated heterocycles. The van der Waals surface area contributed by atoms with Gasteiger partial charge in [0.15, 0.2) is 0 Å². The molecule has 0 bridgehead atoms. The molecule has 3 heterocycles. The van der Waals surface area contributed by atoms with Gasteiger partial charge in [-0.05, 0) is 48.7 Å². The van der Waals surface area contributed by atoms with Crippen molar-refractivity contribution in [3.05, 3.63) is 59.9 Å². The van der Waals surface area contributed by atoms with Crippen LogP contribution in [0.3, 0.4) is 0 Å². The summed E-state index contributed by atoms with van der Waals surface area (Å²) in [6.45, 7) is -4.27. The topological polar surface area (TPSA) is 38.9 Å². The zero-order chi connectivity index (χ0) is 21.9. The molecule has 0 fully saturated rings. The number of rotatable bonds is 2. The molecule has 3 nitrogen and oxygen atoms in total. The van der Waals surface area contributed by atoms with Crippen LogP contribution in [0.4, 0.5) is 0 Å². The number of hydrogen-bond donors (Lipinski definition) is 0. The highest BCUT2D eigenvalue weighted by molar-refractivity contribution is 6.08. The van der Waals surface area contributed by atoms with Crippen molar-refractivity contribution in [2.75, 3.05) is 0 Å². The Bertz CT molecular complexity index is 1240. The van der Waals surface area contributed by atoms with E-state index in [2.05, 4.69) is 9.97 Å². The molecule has 0 atom stereocenters. The summed E-state index contributed by atoms with van der Waals surface area (Å²) in [5.74, 6) is -2.79. The molecule has 114 valence electrons. The summed E-state index contributed by atoms with van der Waals surface area (Å²) >= 11 is 0. The van der Waals surface area contributed by atoms with Gasteiger partial charge in [-0.3, -0.25) is 4.98 Å². The van der Waals surface area contributed by atoms with Crippen LogP contribution in [0.25, 0.3) is 33.3 Å². The van der Waals surface area contributed by atoms with Gasteiger partial charge in [-0.15, -0.1) is 0 Å². The third kappa shape index (κ3) is 2.29. The standard InChI is InChI=1S/C20H18N2O/c1-12(2)14-9-10-21-18(11-14)17-6-4-5-15-16-8-7-13(3)22-20(16)23-19(15)17/h4-12H,1-3H3/i1D3,2D3,12D. The van der Waals surface area contributed by atoms with E-state index in [-0.39, 0.29) is 5.56 Å². The molecule has 3 heteroatoms. The summed E-state index contributed by atoms with van der Waals surface area (Å²) in [7, 11) is 0. The van der Waals surface area contributed by atoms with Gasteiger partial charge in [-0.25, -0.2) is 4.98 Å². The average molecular weight is 309 g/mol. The Labute approximate surface area is 144 Å². The Morgan fingerprint density at radius 1 is 1.13 bits per heavy atom. The maximum absolute atomic E-state index is 8.41. The van der Waals surface area contributed by atoms with E-state index in [1.807, 2.05) is 31.2 Å². The predicted octanol–water partition coefficient (Wildman–Crippen LogP) is 5.47. The summed E-state index contributed by atoms with van der Waals surface area (Å²) < 4.78 is 60.7. The highest BCUT2D eigenvalue weighted by Crippen LogP contribution is 2.35. The second kappa shape index (κ2) is 5.20. The molecule has 4 aromatic rings. The Balaban J connectivity index is 1.95. The molecule has 0 aliphatic carbocycles. The van der Waals surface area contributed by atoms with Gasteiger partial charge in [0, 0.05) is 37.8 Å². The van der Waals surface area contributed by atoms with Gasteiger partial charge in [-0.1, -0.05) is 25.8 Å². The van der Waals surface area contributed by atoms with Crippen molar-refractivity contribution in [3.63, 3.8) is 0 Å². The van der Waals surface area contributed by atoms with Crippen LogP contribution in [-0.2, 0) is 0 Å². The molecule has 0 aliphatic rings. The fourth-order valence-corrected chi connectivity index (χ4v) is 2.71. The molecule has 0 amide bonds. The van der Waals surface area contributed by atoms with Crippen molar-refractivity contribution in [2.45, 2.75) is 26.5 Å². The second-order valence-electron chi connectivity index (χ2n) is 5.39. The van der Waals surface area contributed by atoms with Crippen molar-refractivity contribution in [2.24, 2.45) is 0 Å². The Hall–Kier alpha value is -2.68. The van der Waals surface area contributed by atoms with Crippen LogP contribution in [-0.4, -0.2) is 9.97 Å². The van der Waals surface area contributed by atoms with E-state index in [0.29, 0.717) is 22.6 Å². The lowest BCUT2D eigenvalue weighted by Gasteiger charge is -2.07. The van der Waals surface area contributed by atoms with Crippen LogP contribution in [0.5, 0.6) is 0 Å².